The number of hydrogen-bond donors (Lipinski definition) is 0. The second-order valence-electron chi connectivity index (χ2n) is 7.14. The average molecular weight is 381 g/mol. The third-order valence-electron chi connectivity index (χ3n) is 5.09. The fourth-order valence-electron chi connectivity index (χ4n) is 3.55. The molecular formula is C29H19N. The first-order chi connectivity index (χ1) is 14.9. The van der Waals surface area contributed by atoms with Crippen molar-refractivity contribution in [3.63, 3.8) is 0 Å². The molecule has 0 atom stereocenters. The van der Waals surface area contributed by atoms with Crippen LogP contribution in [0.15, 0.2) is 115 Å². The molecule has 4 aromatic carbocycles. The van der Waals surface area contributed by atoms with Crippen molar-refractivity contribution in [3.05, 3.63) is 126 Å². The molecule has 0 saturated heterocycles. The van der Waals surface area contributed by atoms with Crippen molar-refractivity contribution in [3.8, 4) is 34.2 Å². The van der Waals surface area contributed by atoms with Crippen LogP contribution in [0.25, 0.3) is 33.3 Å². The van der Waals surface area contributed by atoms with Crippen LogP contribution in [0.5, 0.6) is 0 Å². The molecule has 5 aromatic rings. The molecule has 1 heteroatoms. The van der Waals surface area contributed by atoms with E-state index in [1.807, 2.05) is 42.5 Å². The van der Waals surface area contributed by atoms with E-state index in [9.17, 15) is 0 Å². The Balaban J connectivity index is 1.58. The zero-order valence-corrected chi connectivity index (χ0v) is 16.4. The molecule has 1 nitrogen and oxygen atoms in total. The third-order valence-corrected chi connectivity index (χ3v) is 5.09. The van der Waals surface area contributed by atoms with Crippen LogP contribution in [0.1, 0.15) is 11.1 Å². The summed E-state index contributed by atoms with van der Waals surface area (Å²) in [6.07, 6.45) is 0. The van der Waals surface area contributed by atoms with E-state index in [4.69, 9.17) is 4.98 Å². The first-order valence-corrected chi connectivity index (χ1v) is 9.99. The average Bonchev–Trinajstić information content (AvgIpc) is 2.83. The Labute approximate surface area is 176 Å². The van der Waals surface area contributed by atoms with Crippen molar-refractivity contribution in [2.75, 3.05) is 0 Å². The monoisotopic (exact) mass is 381 g/mol. The number of hydrogen-bond acceptors (Lipinski definition) is 1. The summed E-state index contributed by atoms with van der Waals surface area (Å²) >= 11 is 0. The minimum atomic E-state index is 0.998. The van der Waals surface area contributed by atoms with Crippen LogP contribution in [0.2, 0.25) is 0 Å². The lowest BCUT2D eigenvalue weighted by atomic mass is 9.96. The summed E-state index contributed by atoms with van der Waals surface area (Å²) in [5.41, 5.74) is 7.40. The highest BCUT2D eigenvalue weighted by Crippen LogP contribution is 2.33. The fraction of sp³-hybridized carbons (Fsp3) is 0. The largest absolute Gasteiger partial charge is 0.247 e. The van der Waals surface area contributed by atoms with Gasteiger partial charge in [-0.3, -0.25) is 0 Å². The summed E-state index contributed by atoms with van der Waals surface area (Å²) in [6.45, 7) is 0. The first-order valence-electron chi connectivity index (χ1n) is 9.99. The van der Waals surface area contributed by atoms with Gasteiger partial charge in [-0.1, -0.05) is 90.7 Å². The first kappa shape index (κ1) is 17.9. The van der Waals surface area contributed by atoms with Crippen molar-refractivity contribution in [2.24, 2.45) is 0 Å². The lowest BCUT2D eigenvalue weighted by Crippen LogP contribution is -1.91. The summed E-state index contributed by atoms with van der Waals surface area (Å²) < 4.78 is 0. The van der Waals surface area contributed by atoms with Gasteiger partial charge in [0.2, 0.25) is 0 Å². The van der Waals surface area contributed by atoms with E-state index in [-0.39, 0.29) is 0 Å². The molecule has 0 aliphatic carbocycles. The maximum atomic E-state index is 4.99. The van der Waals surface area contributed by atoms with Crippen LogP contribution in [0.4, 0.5) is 0 Å². The summed E-state index contributed by atoms with van der Waals surface area (Å²) in [5, 5.41) is 1.14. The number of pyridine rings is 1. The molecule has 0 spiro atoms. The molecule has 140 valence electrons. The predicted molar refractivity (Wildman–Crippen MR) is 125 cm³/mol. The Morgan fingerprint density at radius 2 is 1.10 bits per heavy atom. The van der Waals surface area contributed by atoms with E-state index in [1.165, 1.54) is 0 Å². The van der Waals surface area contributed by atoms with E-state index < -0.39 is 0 Å². The van der Waals surface area contributed by atoms with Gasteiger partial charge in [0.1, 0.15) is 0 Å². The maximum absolute atomic E-state index is 4.99. The number of benzene rings is 4. The fourth-order valence-corrected chi connectivity index (χ4v) is 3.55. The molecule has 0 fully saturated rings. The Kier molecular flexibility index (Phi) is 4.82. The number of para-hydroxylation sites is 1. The van der Waals surface area contributed by atoms with E-state index >= 15 is 0 Å². The van der Waals surface area contributed by atoms with Gasteiger partial charge in [-0.25, -0.2) is 4.98 Å². The summed E-state index contributed by atoms with van der Waals surface area (Å²) in [4.78, 5) is 4.99. The van der Waals surface area contributed by atoms with Gasteiger partial charge in [0.05, 0.1) is 11.2 Å². The Bertz CT molecular complexity index is 1360. The molecule has 5 rings (SSSR count). The highest BCUT2D eigenvalue weighted by atomic mass is 14.7. The van der Waals surface area contributed by atoms with E-state index in [0.717, 1.165) is 44.4 Å². The van der Waals surface area contributed by atoms with E-state index in [0.29, 0.717) is 0 Å². The third kappa shape index (κ3) is 3.72. The normalized spacial score (nSPS) is 10.4. The van der Waals surface area contributed by atoms with E-state index in [2.05, 4.69) is 84.6 Å². The molecule has 0 aliphatic rings. The SMILES string of the molecule is C(#Cc1ccc(-c2cc3ccccc3nc2-c2ccccc2)cc1)c1ccccc1. The van der Waals surface area contributed by atoms with Gasteiger partial charge >= 0.3 is 0 Å². The minimum absolute atomic E-state index is 0.998. The lowest BCUT2D eigenvalue weighted by molar-refractivity contribution is 1.39. The summed E-state index contributed by atoms with van der Waals surface area (Å²) in [5.74, 6) is 6.47. The van der Waals surface area contributed by atoms with Crippen molar-refractivity contribution < 1.29 is 0 Å². The Morgan fingerprint density at radius 3 is 1.83 bits per heavy atom. The predicted octanol–water partition coefficient (Wildman–Crippen LogP) is 6.97. The highest BCUT2D eigenvalue weighted by Gasteiger charge is 2.11. The van der Waals surface area contributed by atoms with Crippen molar-refractivity contribution in [1.82, 2.24) is 4.98 Å². The number of rotatable bonds is 2. The molecule has 0 aliphatic heterocycles. The van der Waals surface area contributed by atoms with Crippen LogP contribution in [0.3, 0.4) is 0 Å². The molecule has 0 radical (unpaired) electrons. The number of nitrogens with zero attached hydrogens (tertiary/aromatic N) is 1. The molecule has 0 unspecified atom stereocenters. The topological polar surface area (TPSA) is 12.9 Å². The van der Waals surface area contributed by atoms with Gasteiger partial charge in [-0.15, -0.1) is 0 Å². The quantitative estimate of drug-likeness (QED) is 0.301. The minimum Gasteiger partial charge on any atom is -0.247 e. The lowest BCUT2D eigenvalue weighted by Gasteiger charge is -2.11. The van der Waals surface area contributed by atoms with Crippen molar-refractivity contribution >= 4 is 10.9 Å². The van der Waals surface area contributed by atoms with E-state index in [1.54, 1.807) is 0 Å². The summed E-state index contributed by atoms with van der Waals surface area (Å²) in [6, 6.07) is 39.3. The molecule has 0 amide bonds. The zero-order valence-electron chi connectivity index (χ0n) is 16.4. The molecule has 1 heterocycles. The maximum Gasteiger partial charge on any atom is 0.0788 e. The second-order valence-corrected chi connectivity index (χ2v) is 7.14. The van der Waals surface area contributed by atoms with Crippen LogP contribution in [-0.4, -0.2) is 4.98 Å². The molecule has 0 saturated carbocycles. The van der Waals surface area contributed by atoms with Crippen LogP contribution < -0.4 is 0 Å². The van der Waals surface area contributed by atoms with Crippen molar-refractivity contribution in [2.45, 2.75) is 0 Å². The van der Waals surface area contributed by atoms with Crippen LogP contribution >= 0.6 is 0 Å². The van der Waals surface area contributed by atoms with Crippen LogP contribution in [0, 0.1) is 11.8 Å². The number of aromatic nitrogens is 1. The van der Waals surface area contributed by atoms with Gasteiger partial charge in [0, 0.05) is 27.6 Å². The zero-order chi connectivity index (χ0) is 20.2. The molecule has 1 aromatic heterocycles. The van der Waals surface area contributed by atoms with Crippen molar-refractivity contribution in [1.29, 1.82) is 0 Å². The van der Waals surface area contributed by atoms with Crippen LogP contribution in [-0.2, 0) is 0 Å². The highest BCUT2D eigenvalue weighted by molar-refractivity contribution is 5.91. The van der Waals surface area contributed by atoms with Gasteiger partial charge < -0.3 is 0 Å². The van der Waals surface area contributed by atoms with Gasteiger partial charge in [0.25, 0.3) is 0 Å². The molecule has 30 heavy (non-hydrogen) atoms. The van der Waals surface area contributed by atoms with Gasteiger partial charge in [-0.05, 0) is 42.0 Å². The second kappa shape index (κ2) is 8.07. The molecular weight excluding hydrogens is 362 g/mol. The Hall–Kier alpha value is -4.15. The standard InChI is InChI=1S/C29H19N/c1-3-9-22(10-4-1)15-16-23-17-19-24(20-18-23)27-21-26-13-7-8-14-28(26)30-29(27)25-11-5-2-6-12-25/h1-14,17-21H. The van der Waals surface area contributed by atoms with Gasteiger partial charge in [-0.2, -0.15) is 0 Å². The number of fused-ring (bicyclic) bond motifs is 1. The van der Waals surface area contributed by atoms with Gasteiger partial charge in [0.15, 0.2) is 0 Å². The molecule has 0 N–H and O–H groups in total. The molecule has 0 bridgehead atoms. The smallest absolute Gasteiger partial charge is 0.0788 e. The summed E-state index contributed by atoms with van der Waals surface area (Å²) in [7, 11) is 0. The Morgan fingerprint density at radius 1 is 0.500 bits per heavy atom.